The summed E-state index contributed by atoms with van der Waals surface area (Å²) in [6.07, 6.45) is 0.475. The predicted molar refractivity (Wildman–Crippen MR) is 96.5 cm³/mol. The van der Waals surface area contributed by atoms with Gasteiger partial charge in [0, 0.05) is 39.3 Å². The maximum absolute atomic E-state index is 13.4. The lowest BCUT2D eigenvalue weighted by Gasteiger charge is -2.34. The lowest BCUT2D eigenvalue weighted by Crippen LogP contribution is -2.46. The molecule has 1 aliphatic heterocycles. The summed E-state index contributed by atoms with van der Waals surface area (Å²) < 4.78 is 19.1. The molecule has 1 atom stereocenters. The van der Waals surface area contributed by atoms with E-state index in [4.69, 9.17) is 4.74 Å². The Morgan fingerprint density at radius 1 is 1.24 bits per heavy atom. The molecule has 0 spiro atoms. The third-order valence-electron chi connectivity index (χ3n) is 4.39. The minimum atomic E-state index is -0.249. The van der Waals surface area contributed by atoms with E-state index in [1.54, 1.807) is 6.07 Å². The Hall–Kier alpha value is -2.40. The summed E-state index contributed by atoms with van der Waals surface area (Å²) in [7, 11) is 3.86. The normalized spacial score (nSPS) is 17.4. The summed E-state index contributed by atoms with van der Waals surface area (Å²) in [6, 6.07) is 14.1. The fourth-order valence-corrected chi connectivity index (χ4v) is 3.17. The second-order valence-corrected chi connectivity index (χ2v) is 6.49. The van der Waals surface area contributed by atoms with Gasteiger partial charge in [0.25, 0.3) is 5.91 Å². The molecule has 25 heavy (non-hydrogen) atoms. The Labute approximate surface area is 147 Å². The molecular weight excluding hydrogens is 319 g/mol. The number of nitrogens with zero attached hydrogens (tertiary/aromatic N) is 2. The molecule has 1 fully saturated rings. The second kappa shape index (κ2) is 7.66. The highest BCUT2D eigenvalue weighted by Crippen LogP contribution is 2.22. The van der Waals surface area contributed by atoms with Crippen molar-refractivity contribution in [2.24, 2.45) is 0 Å². The molecule has 3 rings (SSSR count). The summed E-state index contributed by atoms with van der Waals surface area (Å²) in [5.41, 5.74) is 2.48. The standard InChI is InChI=1S/C20H23FN2O2/c1-22(2)19-9-4-3-8-18(19)20(24)23-10-11-25-17(14-23)13-15-6-5-7-16(21)12-15/h3-9,12,17H,10-11,13-14H2,1-2H3. The molecule has 1 aliphatic rings. The first kappa shape index (κ1) is 17.4. The Kier molecular flexibility index (Phi) is 5.34. The maximum Gasteiger partial charge on any atom is 0.256 e. The van der Waals surface area contributed by atoms with E-state index in [1.165, 1.54) is 12.1 Å². The molecular formula is C20H23FN2O2. The molecule has 0 aromatic heterocycles. The Morgan fingerprint density at radius 3 is 2.80 bits per heavy atom. The molecule has 1 amide bonds. The molecule has 0 saturated carbocycles. The zero-order valence-electron chi connectivity index (χ0n) is 14.6. The van der Waals surface area contributed by atoms with Gasteiger partial charge in [-0.3, -0.25) is 4.79 Å². The van der Waals surface area contributed by atoms with Gasteiger partial charge in [-0.15, -0.1) is 0 Å². The van der Waals surface area contributed by atoms with Gasteiger partial charge < -0.3 is 14.5 Å². The number of amides is 1. The molecule has 2 aromatic carbocycles. The molecule has 0 bridgehead atoms. The third-order valence-corrected chi connectivity index (χ3v) is 4.39. The number of hydrogen-bond acceptors (Lipinski definition) is 3. The first-order valence-electron chi connectivity index (χ1n) is 8.46. The van der Waals surface area contributed by atoms with Gasteiger partial charge in [-0.1, -0.05) is 24.3 Å². The van der Waals surface area contributed by atoms with Crippen LogP contribution in [-0.4, -0.2) is 50.7 Å². The number of carbonyl (C=O) groups excluding carboxylic acids is 1. The monoisotopic (exact) mass is 342 g/mol. The molecule has 132 valence electrons. The fraction of sp³-hybridized carbons (Fsp3) is 0.350. The zero-order valence-corrected chi connectivity index (χ0v) is 14.6. The largest absolute Gasteiger partial charge is 0.377 e. The van der Waals surface area contributed by atoms with Gasteiger partial charge in [0.1, 0.15) is 5.82 Å². The number of benzene rings is 2. The molecule has 0 N–H and O–H groups in total. The van der Waals surface area contributed by atoms with Gasteiger partial charge >= 0.3 is 0 Å². The number of anilines is 1. The quantitative estimate of drug-likeness (QED) is 0.856. The summed E-state index contributed by atoms with van der Waals surface area (Å²) in [5.74, 6) is -0.238. The third kappa shape index (κ3) is 4.17. The Balaban J connectivity index is 1.72. The number of hydrogen-bond donors (Lipinski definition) is 0. The Bertz CT molecular complexity index is 748. The van der Waals surface area contributed by atoms with Gasteiger partial charge in [0.05, 0.1) is 18.3 Å². The van der Waals surface area contributed by atoms with Gasteiger partial charge in [-0.05, 0) is 29.8 Å². The number of carbonyl (C=O) groups is 1. The smallest absolute Gasteiger partial charge is 0.256 e. The SMILES string of the molecule is CN(C)c1ccccc1C(=O)N1CCOC(Cc2cccc(F)c2)C1. The van der Waals surface area contributed by atoms with Crippen LogP contribution < -0.4 is 4.90 Å². The number of halogens is 1. The lowest BCUT2D eigenvalue weighted by atomic mass is 10.1. The summed E-state index contributed by atoms with van der Waals surface area (Å²) in [6.45, 7) is 1.58. The van der Waals surface area contributed by atoms with Crippen LogP contribution in [0.5, 0.6) is 0 Å². The van der Waals surface area contributed by atoms with Crippen LogP contribution in [-0.2, 0) is 11.2 Å². The molecule has 2 aromatic rings. The van der Waals surface area contributed by atoms with Crippen LogP contribution in [0.1, 0.15) is 15.9 Å². The fourth-order valence-electron chi connectivity index (χ4n) is 3.17. The molecule has 1 saturated heterocycles. The minimum Gasteiger partial charge on any atom is -0.377 e. The number of rotatable bonds is 4. The summed E-state index contributed by atoms with van der Waals surface area (Å²) in [4.78, 5) is 16.7. The lowest BCUT2D eigenvalue weighted by molar-refractivity contribution is -0.0208. The van der Waals surface area contributed by atoms with Crippen molar-refractivity contribution in [3.8, 4) is 0 Å². The van der Waals surface area contributed by atoms with E-state index in [0.29, 0.717) is 31.7 Å². The van der Waals surface area contributed by atoms with Crippen LogP contribution in [0.2, 0.25) is 0 Å². The van der Waals surface area contributed by atoms with Gasteiger partial charge in [-0.25, -0.2) is 4.39 Å². The molecule has 4 nitrogen and oxygen atoms in total. The highest BCUT2D eigenvalue weighted by molar-refractivity contribution is 5.99. The molecule has 0 radical (unpaired) electrons. The van der Waals surface area contributed by atoms with Crippen LogP contribution in [0.15, 0.2) is 48.5 Å². The van der Waals surface area contributed by atoms with Crippen molar-refractivity contribution in [3.05, 3.63) is 65.5 Å². The number of ether oxygens (including phenoxy) is 1. The van der Waals surface area contributed by atoms with E-state index in [1.807, 2.05) is 54.2 Å². The van der Waals surface area contributed by atoms with E-state index in [9.17, 15) is 9.18 Å². The predicted octanol–water partition coefficient (Wildman–Crippen LogP) is 2.98. The van der Waals surface area contributed by atoms with Crippen LogP contribution >= 0.6 is 0 Å². The highest BCUT2D eigenvalue weighted by atomic mass is 19.1. The van der Waals surface area contributed by atoms with Gasteiger partial charge in [0.2, 0.25) is 0 Å². The molecule has 1 unspecified atom stereocenters. The maximum atomic E-state index is 13.4. The van der Waals surface area contributed by atoms with E-state index in [2.05, 4.69) is 0 Å². The first-order valence-corrected chi connectivity index (χ1v) is 8.46. The van der Waals surface area contributed by atoms with E-state index < -0.39 is 0 Å². The zero-order chi connectivity index (χ0) is 17.8. The average molecular weight is 342 g/mol. The van der Waals surface area contributed by atoms with Crippen molar-refractivity contribution < 1.29 is 13.9 Å². The highest BCUT2D eigenvalue weighted by Gasteiger charge is 2.26. The summed E-state index contributed by atoms with van der Waals surface area (Å²) in [5, 5.41) is 0. The second-order valence-electron chi connectivity index (χ2n) is 6.49. The van der Waals surface area contributed by atoms with E-state index >= 15 is 0 Å². The van der Waals surface area contributed by atoms with Gasteiger partial charge in [-0.2, -0.15) is 0 Å². The van der Waals surface area contributed by atoms with E-state index in [-0.39, 0.29) is 17.8 Å². The van der Waals surface area contributed by atoms with Crippen LogP contribution in [0.3, 0.4) is 0 Å². The van der Waals surface area contributed by atoms with Crippen molar-refractivity contribution in [1.82, 2.24) is 4.90 Å². The minimum absolute atomic E-state index is 0.0110. The van der Waals surface area contributed by atoms with Crippen molar-refractivity contribution in [2.45, 2.75) is 12.5 Å². The molecule has 1 heterocycles. The van der Waals surface area contributed by atoms with Crippen molar-refractivity contribution >= 4 is 11.6 Å². The number of para-hydroxylation sites is 1. The average Bonchev–Trinajstić information content (AvgIpc) is 2.61. The molecule has 5 heteroatoms. The molecule has 0 aliphatic carbocycles. The van der Waals surface area contributed by atoms with Gasteiger partial charge in [0.15, 0.2) is 0 Å². The van der Waals surface area contributed by atoms with E-state index in [0.717, 1.165) is 11.3 Å². The van der Waals surface area contributed by atoms with Crippen LogP contribution in [0, 0.1) is 5.82 Å². The van der Waals surface area contributed by atoms with Crippen molar-refractivity contribution in [2.75, 3.05) is 38.7 Å². The van der Waals surface area contributed by atoms with Crippen molar-refractivity contribution in [3.63, 3.8) is 0 Å². The summed E-state index contributed by atoms with van der Waals surface area (Å²) >= 11 is 0. The van der Waals surface area contributed by atoms with Crippen molar-refractivity contribution in [1.29, 1.82) is 0 Å². The van der Waals surface area contributed by atoms with Crippen LogP contribution in [0.4, 0.5) is 10.1 Å². The topological polar surface area (TPSA) is 32.8 Å². The first-order chi connectivity index (χ1) is 12.0. The number of morpholine rings is 1. The Morgan fingerprint density at radius 2 is 2.04 bits per heavy atom. The van der Waals surface area contributed by atoms with Crippen LogP contribution in [0.25, 0.3) is 0 Å².